The van der Waals surface area contributed by atoms with E-state index in [1.165, 1.54) is 16.4 Å². The molecule has 0 radical (unpaired) electrons. The van der Waals surface area contributed by atoms with Crippen LogP contribution in [-0.4, -0.2) is 44.9 Å². The lowest BCUT2D eigenvalue weighted by Gasteiger charge is -2.42. The summed E-state index contributed by atoms with van der Waals surface area (Å²) < 4.78 is 47.9. The number of aromatic nitrogens is 2. The summed E-state index contributed by atoms with van der Waals surface area (Å²) in [6.45, 7) is 15.2. The number of amides is 1. The van der Waals surface area contributed by atoms with Crippen LogP contribution in [0.15, 0.2) is 36.5 Å². The van der Waals surface area contributed by atoms with E-state index in [-0.39, 0.29) is 52.8 Å². The summed E-state index contributed by atoms with van der Waals surface area (Å²) in [6, 6.07) is 7.68. The SMILES string of the molecule is Cc1ccnc2c(O[Si](C(C)C)(C(C)C)C(C)C)c(C(=O)NCc3ccc(F)cc3)nc(N3CCCS3(=O)=O)c12. The fraction of sp³-hybridized carbons (Fsp3) is 0.483. The summed E-state index contributed by atoms with van der Waals surface area (Å²) in [4.78, 5) is 23.3. The molecule has 0 saturated carbocycles. The molecule has 1 saturated heterocycles. The molecule has 3 heterocycles. The zero-order chi connectivity index (χ0) is 29.4. The van der Waals surface area contributed by atoms with Crippen molar-refractivity contribution in [1.29, 1.82) is 0 Å². The van der Waals surface area contributed by atoms with Crippen molar-refractivity contribution in [2.45, 2.75) is 78.1 Å². The molecule has 4 rings (SSSR count). The largest absolute Gasteiger partial charge is 0.540 e. The van der Waals surface area contributed by atoms with Crippen LogP contribution >= 0.6 is 0 Å². The number of benzene rings is 1. The van der Waals surface area contributed by atoms with Gasteiger partial charge in [0.1, 0.15) is 11.3 Å². The molecule has 2 aromatic heterocycles. The quantitative estimate of drug-likeness (QED) is 0.304. The molecule has 1 aromatic carbocycles. The number of nitrogens with one attached hydrogen (secondary N) is 1. The highest BCUT2D eigenvalue weighted by molar-refractivity contribution is 7.93. The van der Waals surface area contributed by atoms with Crippen molar-refractivity contribution < 1.29 is 22.0 Å². The number of pyridine rings is 2. The van der Waals surface area contributed by atoms with Crippen molar-refractivity contribution in [2.24, 2.45) is 0 Å². The highest BCUT2D eigenvalue weighted by Gasteiger charge is 2.48. The maximum absolute atomic E-state index is 13.9. The van der Waals surface area contributed by atoms with Gasteiger partial charge in [-0.15, -0.1) is 0 Å². The second kappa shape index (κ2) is 11.4. The lowest BCUT2D eigenvalue weighted by Crippen LogP contribution is -2.51. The highest BCUT2D eigenvalue weighted by atomic mass is 32.2. The van der Waals surface area contributed by atoms with Crippen molar-refractivity contribution in [2.75, 3.05) is 16.6 Å². The van der Waals surface area contributed by atoms with Gasteiger partial charge in [0, 0.05) is 19.3 Å². The Bertz CT molecular complexity index is 1490. The van der Waals surface area contributed by atoms with Crippen LogP contribution in [0.3, 0.4) is 0 Å². The summed E-state index contributed by atoms with van der Waals surface area (Å²) >= 11 is 0. The Morgan fingerprint density at radius 2 is 1.70 bits per heavy atom. The molecule has 1 aliphatic rings. The summed E-state index contributed by atoms with van der Waals surface area (Å²) in [7, 11) is -6.18. The maximum Gasteiger partial charge on any atom is 0.274 e. The third-order valence-electron chi connectivity index (χ3n) is 7.93. The molecule has 3 aromatic rings. The fourth-order valence-corrected chi connectivity index (χ4v) is 12.8. The standard InChI is InChI=1S/C29H39FN4O4SSi/c1-18(2)40(19(3)4,20(5)6)38-27-25-24(21(7)13-14-31-25)28(34-15-8-16-39(34,36)37)33-26(27)29(35)32-17-22-9-11-23(30)12-10-22/h9-14,18-20H,8,15-17H2,1-7H3,(H,32,35). The molecule has 1 fully saturated rings. The van der Waals surface area contributed by atoms with Gasteiger partial charge in [-0.1, -0.05) is 53.7 Å². The van der Waals surface area contributed by atoms with Gasteiger partial charge in [-0.25, -0.2) is 17.8 Å². The molecule has 1 amide bonds. The first-order valence-electron chi connectivity index (χ1n) is 13.8. The lowest BCUT2D eigenvalue weighted by atomic mass is 10.1. The minimum atomic E-state index is -3.59. The first kappa shape index (κ1) is 29.9. The molecule has 1 N–H and O–H groups in total. The van der Waals surface area contributed by atoms with Crippen LogP contribution < -0.4 is 14.0 Å². The third-order valence-corrected chi connectivity index (χ3v) is 15.7. The average molecular weight is 587 g/mol. The number of hydrogen-bond donors (Lipinski definition) is 1. The molecule has 0 bridgehead atoms. The Labute approximate surface area is 237 Å². The van der Waals surface area contributed by atoms with Gasteiger partial charge in [-0.2, -0.15) is 0 Å². The number of sulfonamides is 1. The predicted molar refractivity (Wildman–Crippen MR) is 159 cm³/mol. The molecule has 8 nitrogen and oxygen atoms in total. The van der Waals surface area contributed by atoms with Crippen molar-refractivity contribution in [3.05, 3.63) is 59.2 Å². The van der Waals surface area contributed by atoms with E-state index in [1.54, 1.807) is 18.3 Å². The van der Waals surface area contributed by atoms with Crippen LogP contribution in [0.1, 0.15) is 69.6 Å². The van der Waals surface area contributed by atoms with Gasteiger partial charge in [-0.05, 0) is 59.3 Å². The molecule has 216 valence electrons. The van der Waals surface area contributed by atoms with Gasteiger partial charge in [-0.3, -0.25) is 14.1 Å². The molecular formula is C29H39FN4O4SSi. The predicted octanol–water partition coefficient (Wildman–Crippen LogP) is 6.10. The average Bonchev–Trinajstić information content (AvgIpc) is 3.24. The van der Waals surface area contributed by atoms with E-state index >= 15 is 0 Å². The van der Waals surface area contributed by atoms with E-state index in [1.807, 2.05) is 13.0 Å². The smallest absolute Gasteiger partial charge is 0.274 e. The van der Waals surface area contributed by atoms with Crippen LogP contribution in [0.4, 0.5) is 10.2 Å². The minimum absolute atomic E-state index is 0.00337. The summed E-state index contributed by atoms with van der Waals surface area (Å²) in [6.07, 6.45) is 2.12. The van der Waals surface area contributed by atoms with E-state index in [4.69, 9.17) is 9.41 Å². The van der Waals surface area contributed by atoms with Crippen molar-refractivity contribution in [1.82, 2.24) is 15.3 Å². The molecule has 0 atom stereocenters. The molecule has 0 unspecified atom stereocenters. The van der Waals surface area contributed by atoms with Gasteiger partial charge in [0.15, 0.2) is 17.3 Å². The summed E-state index contributed by atoms with van der Waals surface area (Å²) in [5, 5.41) is 3.45. The van der Waals surface area contributed by atoms with Gasteiger partial charge < -0.3 is 9.74 Å². The second-order valence-electron chi connectivity index (χ2n) is 11.4. The summed E-state index contributed by atoms with van der Waals surface area (Å²) in [5.41, 5.74) is 2.57. The highest BCUT2D eigenvalue weighted by Crippen LogP contribution is 2.46. The number of carbonyl (C=O) groups is 1. The number of carbonyl (C=O) groups excluding carboxylic acids is 1. The third kappa shape index (κ3) is 5.45. The number of aryl methyl sites for hydroxylation is 1. The zero-order valence-electron chi connectivity index (χ0n) is 24.3. The first-order valence-corrected chi connectivity index (χ1v) is 17.6. The van der Waals surface area contributed by atoms with Gasteiger partial charge in [0.05, 0.1) is 11.1 Å². The van der Waals surface area contributed by atoms with Gasteiger partial charge in [0.25, 0.3) is 14.2 Å². The van der Waals surface area contributed by atoms with Gasteiger partial charge in [0.2, 0.25) is 10.0 Å². The number of nitrogens with zero attached hydrogens (tertiary/aromatic N) is 3. The molecule has 0 aliphatic carbocycles. The topological polar surface area (TPSA) is 101 Å². The van der Waals surface area contributed by atoms with Gasteiger partial charge >= 0.3 is 0 Å². The number of anilines is 1. The van der Waals surface area contributed by atoms with Crippen LogP contribution in [0, 0.1) is 12.7 Å². The van der Waals surface area contributed by atoms with E-state index in [0.717, 1.165) is 5.56 Å². The minimum Gasteiger partial charge on any atom is -0.540 e. The fourth-order valence-electron chi connectivity index (χ4n) is 6.04. The summed E-state index contributed by atoms with van der Waals surface area (Å²) in [5.74, 6) is -0.371. The van der Waals surface area contributed by atoms with Crippen LogP contribution in [-0.2, 0) is 16.6 Å². The van der Waals surface area contributed by atoms with Crippen LogP contribution in [0.5, 0.6) is 5.75 Å². The van der Waals surface area contributed by atoms with Crippen LogP contribution in [0.25, 0.3) is 10.9 Å². The molecule has 0 spiro atoms. The van der Waals surface area contributed by atoms with Crippen molar-refractivity contribution >= 4 is 41.0 Å². The number of fused-ring (bicyclic) bond motifs is 1. The Morgan fingerprint density at radius 3 is 2.25 bits per heavy atom. The Hall–Kier alpha value is -3.05. The van der Waals surface area contributed by atoms with Crippen molar-refractivity contribution in [3.8, 4) is 5.75 Å². The van der Waals surface area contributed by atoms with Crippen LogP contribution in [0.2, 0.25) is 16.6 Å². The molecule has 11 heteroatoms. The Kier molecular flexibility index (Phi) is 8.56. The number of rotatable bonds is 9. The lowest BCUT2D eigenvalue weighted by molar-refractivity contribution is 0.0944. The number of hydrogen-bond acceptors (Lipinski definition) is 6. The molecule has 1 aliphatic heterocycles. The Morgan fingerprint density at radius 1 is 1.07 bits per heavy atom. The second-order valence-corrected chi connectivity index (χ2v) is 18.8. The molecular weight excluding hydrogens is 547 g/mol. The van der Waals surface area contributed by atoms with E-state index < -0.39 is 24.2 Å². The normalized spacial score (nSPS) is 15.4. The van der Waals surface area contributed by atoms with E-state index in [9.17, 15) is 17.6 Å². The maximum atomic E-state index is 13.9. The monoisotopic (exact) mass is 586 g/mol. The number of halogens is 1. The zero-order valence-corrected chi connectivity index (χ0v) is 26.1. The Balaban J connectivity index is 1.96. The van der Waals surface area contributed by atoms with E-state index in [2.05, 4.69) is 51.8 Å². The van der Waals surface area contributed by atoms with Crippen molar-refractivity contribution in [3.63, 3.8) is 0 Å². The molecule has 40 heavy (non-hydrogen) atoms. The van der Waals surface area contributed by atoms with E-state index in [0.29, 0.717) is 28.6 Å². The first-order chi connectivity index (χ1) is 18.8.